The number of hydrogen-bond acceptors (Lipinski definition) is 7. The zero-order valence-corrected chi connectivity index (χ0v) is 21.6. The summed E-state index contributed by atoms with van der Waals surface area (Å²) in [7, 11) is 0. The van der Waals surface area contributed by atoms with Crippen molar-refractivity contribution in [2.24, 2.45) is 4.99 Å². The summed E-state index contributed by atoms with van der Waals surface area (Å²) in [6.45, 7) is 11.4. The Hall–Kier alpha value is -4.05. The number of fused-ring (bicyclic) bond motifs is 2. The van der Waals surface area contributed by atoms with Crippen LogP contribution in [0.2, 0.25) is 0 Å². The zero-order valence-electron chi connectivity index (χ0n) is 21.6. The van der Waals surface area contributed by atoms with Gasteiger partial charge in [-0.05, 0) is 57.9 Å². The molecule has 1 amide bonds. The molecule has 3 rings (SSSR count). The number of allylic oxidation sites excluding steroid dienone is 2. The maximum absolute atomic E-state index is 13.5. The lowest BCUT2D eigenvalue weighted by Crippen LogP contribution is -2.33. The molecule has 3 heterocycles. The number of amides is 1. The normalized spacial score (nSPS) is 12.1. The van der Waals surface area contributed by atoms with Gasteiger partial charge >= 0.3 is 5.97 Å². The van der Waals surface area contributed by atoms with Crippen LogP contribution < -0.4 is 11.0 Å². The first-order valence-electron chi connectivity index (χ1n) is 12.1. The molecule has 0 saturated heterocycles. The number of carbonyl (C=O) groups is 2. The van der Waals surface area contributed by atoms with Crippen LogP contribution in [-0.4, -0.2) is 51.8 Å². The summed E-state index contributed by atoms with van der Waals surface area (Å²) in [5, 5.41) is 0.201. The second-order valence-electron chi connectivity index (χ2n) is 8.45. The van der Waals surface area contributed by atoms with E-state index in [4.69, 9.17) is 19.2 Å². The van der Waals surface area contributed by atoms with Gasteiger partial charge < -0.3 is 18.8 Å². The van der Waals surface area contributed by atoms with Crippen LogP contribution in [0.4, 0.5) is 0 Å². The smallest absolute Gasteiger partial charge is 0.341 e. The van der Waals surface area contributed by atoms with E-state index in [1.807, 2.05) is 26.8 Å². The number of carbonyl (C=O) groups excluding carboxylic acids is 2. The van der Waals surface area contributed by atoms with Crippen molar-refractivity contribution in [1.82, 2.24) is 14.0 Å². The molecule has 0 aromatic carbocycles. The Kier molecular flexibility index (Phi) is 9.51. The van der Waals surface area contributed by atoms with Gasteiger partial charge in [0.2, 0.25) is 0 Å². The second-order valence-corrected chi connectivity index (χ2v) is 8.45. The summed E-state index contributed by atoms with van der Waals surface area (Å²) in [6, 6.07) is 5.00. The monoisotopic (exact) mass is 508 g/mol. The van der Waals surface area contributed by atoms with E-state index in [2.05, 4.69) is 11.6 Å². The van der Waals surface area contributed by atoms with Gasteiger partial charge in [-0.25, -0.2) is 9.78 Å². The van der Waals surface area contributed by atoms with Crippen molar-refractivity contribution in [2.75, 3.05) is 19.8 Å². The van der Waals surface area contributed by atoms with Crippen LogP contribution in [0, 0.1) is 6.92 Å². The number of pyridine rings is 2. The van der Waals surface area contributed by atoms with E-state index < -0.39 is 11.9 Å². The molecule has 0 saturated carbocycles. The molecule has 3 aromatic rings. The first kappa shape index (κ1) is 27.5. The van der Waals surface area contributed by atoms with Crippen LogP contribution >= 0.6 is 0 Å². The van der Waals surface area contributed by atoms with Gasteiger partial charge in [0, 0.05) is 19.3 Å². The molecule has 0 radical (unpaired) electrons. The average molecular weight is 509 g/mol. The van der Waals surface area contributed by atoms with Crippen LogP contribution in [0.25, 0.3) is 16.7 Å². The number of nitrogens with zero attached hydrogens (tertiary/aromatic N) is 4. The predicted molar refractivity (Wildman–Crippen MR) is 139 cm³/mol. The topological polar surface area (TPSA) is 113 Å². The third-order valence-electron chi connectivity index (χ3n) is 5.33. The number of aromatic nitrogens is 3. The Morgan fingerprint density at radius 1 is 1.27 bits per heavy atom. The fourth-order valence-electron chi connectivity index (χ4n) is 3.70. The zero-order chi connectivity index (χ0) is 26.9. The first-order chi connectivity index (χ1) is 17.8. The average Bonchev–Trinajstić information content (AvgIpc) is 2.86. The van der Waals surface area contributed by atoms with E-state index in [0.717, 1.165) is 5.56 Å². The SMILES string of the molecule is C=CC=COCC(=O)N=c1c(C(=O)OCC)cc2c(=O)n3cccc(C)c3nc2n1CCCOC(C)C. The summed E-state index contributed by atoms with van der Waals surface area (Å²) in [5.41, 5.74) is 1.24. The fourth-order valence-corrected chi connectivity index (χ4v) is 3.70. The highest BCUT2D eigenvalue weighted by molar-refractivity contribution is 5.93. The highest BCUT2D eigenvalue weighted by Gasteiger charge is 2.20. The maximum atomic E-state index is 13.5. The molecule has 10 heteroatoms. The third kappa shape index (κ3) is 6.59. The van der Waals surface area contributed by atoms with Crippen molar-refractivity contribution in [3.63, 3.8) is 0 Å². The molecule has 0 aliphatic carbocycles. The Morgan fingerprint density at radius 3 is 2.76 bits per heavy atom. The van der Waals surface area contributed by atoms with Crippen molar-refractivity contribution >= 4 is 28.6 Å². The molecule has 0 bridgehead atoms. The Balaban J connectivity index is 2.32. The minimum Gasteiger partial charge on any atom is -0.491 e. The minimum absolute atomic E-state index is 0.0133. The standard InChI is InChI=1S/C27H32N4O6/c1-6-8-14-35-17-22(32)28-25-21(27(34)36-7-2)16-20-24(30(25)13-10-15-37-18(3)4)29-23-19(5)11-9-12-31(23)26(20)33/h6,8-9,11-12,14,16,18H,1,7,10,13,15,17H2,2-5H3. The quantitative estimate of drug-likeness (QED) is 0.129. The predicted octanol–water partition coefficient (Wildman–Crippen LogP) is 3.09. The molecule has 0 fully saturated rings. The van der Waals surface area contributed by atoms with E-state index in [0.29, 0.717) is 24.3 Å². The highest BCUT2D eigenvalue weighted by atomic mass is 16.5. The van der Waals surface area contributed by atoms with Gasteiger partial charge in [-0.15, -0.1) is 0 Å². The van der Waals surface area contributed by atoms with Crippen molar-refractivity contribution < 1.29 is 23.8 Å². The molecular weight excluding hydrogens is 476 g/mol. The molecule has 10 nitrogen and oxygen atoms in total. The van der Waals surface area contributed by atoms with Gasteiger partial charge in [-0.2, -0.15) is 4.99 Å². The van der Waals surface area contributed by atoms with E-state index in [9.17, 15) is 14.4 Å². The van der Waals surface area contributed by atoms with E-state index >= 15 is 0 Å². The lowest BCUT2D eigenvalue weighted by molar-refractivity contribution is -0.120. The maximum Gasteiger partial charge on any atom is 0.341 e. The summed E-state index contributed by atoms with van der Waals surface area (Å²) >= 11 is 0. The summed E-state index contributed by atoms with van der Waals surface area (Å²) in [5.74, 6) is -1.33. The Labute approximate surface area is 214 Å². The Bertz CT molecular complexity index is 1470. The first-order valence-corrected chi connectivity index (χ1v) is 12.1. The van der Waals surface area contributed by atoms with Crippen LogP contribution in [0.15, 0.2) is 59.2 Å². The van der Waals surface area contributed by atoms with Crippen LogP contribution in [0.3, 0.4) is 0 Å². The Morgan fingerprint density at radius 2 is 2.05 bits per heavy atom. The molecular formula is C27H32N4O6. The van der Waals surface area contributed by atoms with E-state index in [1.165, 1.54) is 28.9 Å². The molecule has 0 atom stereocenters. The fraction of sp³-hybridized carbons (Fsp3) is 0.370. The lowest BCUT2D eigenvalue weighted by Gasteiger charge is -2.16. The van der Waals surface area contributed by atoms with Gasteiger partial charge in [-0.1, -0.05) is 18.7 Å². The summed E-state index contributed by atoms with van der Waals surface area (Å²) in [6.07, 6.45) is 6.54. The van der Waals surface area contributed by atoms with Crippen molar-refractivity contribution in [1.29, 1.82) is 0 Å². The molecule has 0 N–H and O–H groups in total. The lowest BCUT2D eigenvalue weighted by atomic mass is 10.2. The van der Waals surface area contributed by atoms with Gasteiger partial charge in [0.15, 0.2) is 12.1 Å². The van der Waals surface area contributed by atoms with E-state index in [-0.39, 0.29) is 47.9 Å². The summed E-state index contributed by atoms with van der Waals surface area (Å²) < 4.78 is 19.1. The van der Waals surface area contributed by atoms with Gasteiger partial charge in [0.1, 0.15) is 16.9 Å². The second kappa shape index (κ2) is 12.8. The number of hydrogen-bond donors (Lipinski definition) is 0. The number of ether oxygens (including phenoxy) is 3. The summed E-state index contributed by atoms with van der Waals surface area (Å²) in [4.78, 5) is 48.1. The number of rotatable bonds is 11. The van der Waals surface area contributed by atoms with Crippen molar-refractivity contribution in [3.8, 4) is 0 Å². The van der Waals surface area contributed by atoms with Crippen LogP contribution in [0.5, 0.6) is 0 Å². The van der Waals surface area contributed by atoms with Crippen LogP contribution in [0.1, 0.15) is 43.1 Å². The van der Waals surface area contributed by atoms with Crippen molar-refractivity contribution in [2.45, 2.75) is 46.8 Å². The van der Waals surface area contributed by atoms with Gasteiger partial charge in [-0.3, -0.25) is 14.0 Å². The largest absolute Gasteiger partial charge is 0.491 e. The molecule has 0 aliphatic rings. The highest BCUT2D eigenvalue weighted by Crippen LogP contribution is 2.14. The molecule has 0 aliphatic heterocycles. The molecule has 3 aromatic heterocycles. The third-order valence-corrected chi connectivity index (χ3v) is 5.33. The molecule has 0 unspecified atom stereocenters. The number of esters is 1. The molecule has 0 spiro atoms. The van der Waals surface area contributed by atoms with E-state index in [1.54, 1.807) is 23.8 Å². The number of aryl methyl sites for hydroxylation is 2. The van der Waals surface area contributed by atoms with Gasteiger partial charge in [0.05, 0.1) is 24.4 Å². The minimum atomic E-state index is -0.704. The van der Waals surface area contributed by atoms with Crippen molar-refractivity contribution in [3.05, 3.63) is 76.4 Å². The molecule has 37 heavy (non-hydrogen) atoms. The van der Waals surface area contributed by atoms with Gasteiger partial charge in [0.25, 0.3) is 11.5 Å². The van der Waals surface area contributed by atoms with Crippen LogP contribution in [-0.2, 0) is 25.5 Å². The molecule has 196 valence electrons.